The molecule has 2 aromatic heterocycles. The molecule has 0 aromatic carbocycles. The highest BCUT2D eigenvalue weighted by atomic mass is 32.1. The first-order chi connectivity index (χ1) is 8.13. The van der Waals surface area contributed by atoms with Crippen molar-refractivity contribution in [3.8, 4) is 0 Å². The van der Waals surface area contributed by atoms with E-state index in [1.165, 1.54) is 22.7 Å². The van der Waals surface area contributed by atoms with E-state index in [0.717, 1.165) is 0 Å². The third-order valence-electron chi connectivity index (χ3n) is 2.11. The molecule has 2 heterocycles. The number of carbonyl (C=O) groups is 1. The van der Waals surface area contributed by atoms with Crippen LogP contribution in [0.15, 0.2) is 11.6 Å². The maximum Gasteiger partial charge on any atom is 0.271 e. The number of aromatic nitrogens is 2. The molecule has 0 atom stereocenters. The molecule has 1 amide bonds. The predicted octanol–water partition coefficient (Wildman–Crippen LogP) is 2.59. The van der Waals surface area contributed by atoms with Crippen molar-refractivity contribution in [1.29, 1.82) is 0 Å². The zero-order valence-electron chi connectivity index (χ0n) is 8.97. The van der Waals surface area contributed by atoms with Crippen LogP contribution in [0, 0.1) is 3.95 Å². The Hall–Kier alpha value is -1.25. The highest BCUT2D eigenvalue weighted by Crippen LogP contribution is 2.23. The van der Waals surface area contributed by atoms with Gasteiger partial charge in [0.2, 0.25) is 0 Å². The minimum Gasteiger partial charge on any atom is -0.384 e. The first-order valence-corrected chi connectivity index (χ1v) is 6.94. The Bertz CT molecular complexity index is 584. The van der Waals surface area contributed by atoms with Crippen LogP contribution in [-0.4, -0.2) is 15.5 Å². The lowest BCUT2D eigenvalue weighted by molar-refractivity contribution is 0.103. The topological polar surface area (TPSA) is 72.9 Å². The van der Waals surface area contributed by atoms with E-state index in [1.807, 2.05) is 6.92 Å². The van der Waals surface area contributed by atoms with E-state index in [2.05, 4.69) is 10.3 Å². The molecule has 0 saturated carbocycles. The van der Waals surface area contributed by atoms with Crippen LogP contribution in [-0.2, 0) is 6.54 Å². The van der Waals surface area contributed by atoms with E-state index >= 15 is 0 Å². The summed E-state index contributed by atoms with van der Waals surface area (Å²) in [5.41, 5.74) is 5.87. The number of thiazole rings is 2. The molecule has 0 radical (unpaired) electrons. The molecular weight excluding hydrogens is 276 g/mol. The molecule has 0 aliphatic rings. The van der Waals surface area contributed by atoms with Gasteiger partial charge in [-0.15, -0.1) is 11.3 Å². The van der Waals surface area contributed by atoms with E-state index in [0.29, 0.717) is 26.3 Å². The van der Waals surface area contributed by atoms with Gasteiger partial charge in [-0.25, -0.2) is 4.98 Å². The van der Waals surface area contributed by atoms with E-state index in [9.17, 15) is 4.79 Å². The number of hydrogen-bond acceptors (Lipinski definition) is 6. The summed E-state index contributed by atoms with van der Waals surface area (Å²) in [5.74, 6) is 0.150. The molecule has 0 saturated heterocycles. The third-order valence-corrected chi connectivity index (χ3v) is 4.26. The molecule has 90 valence electrons. The molecule has 17 heavy (non-hydrogen) atoms. The van der Waals surface area contributed by atoms with Gasteiger partial charge < -0.3 is 10.3 Å². The molecule has 8 heteroatoms. The molecule has 5 nitrogen and oxygen atoms in total. The van der Waals surface area contributed by atoms with Crippen molar-refractivity contribution >= 4 is 51.7 Å². The van der Waals surface area contributed by atoms with Crippen LogP contribution in [0.1, 0.15) is 16.6 Å². The average Bonchev–Trinajstić information content (AvgIpc) is 2.87. The van der Waals surface area contributed by atoms with Crippen LogP contribution >= 0.6 is 34.9 Å². The van der Waals surface area contributed by atoms with Crippen LogP contribution in [0.4, 0.5) is 10.9 Å². The number of nitrogens with zero attached hydrogens (tertiary/aromatic N) is 2. The molecule has 0 aliphatic carbocycles. The van der Waals surface area contributed by atoms with Gasteiger partial charge in [0.1, 0.15) is 10.7 Å². The van der Waals surface area contributed by atoms with Gasteiger partial charge in [-0.05, 0) is 19.1 Å². The maximum absolute atomic E-state index is 11.9. The van der Waals surface area contributed by atoms with Gasteiger partial charge in [-0.1, -0.05) is 11.3 Å². The fourth-order valence-electron chi connectivity index (χ4n) is 1.32. The van der Waals surface area contributed by atoms with Crippen LogP contribution in [0.5, 0.6) is 0 Å². The van der Waals surface area contributed by atoms with Gasteiger partial charge in [0.15, 0.2) is 9.09 Å². The van der Waals surface area contributed by atoms with Crippen LogP contribution in [0.2, 0.25) is 0 Å². The van der Waals surface area contributed by atoms with Gasteiger partial charge in [0.25, 0.3) is 5.91 Å². The van der Waals surface area contributed by atoms with Crippen LogP contribution in [0.3, 0.4) is 0 Å². The zero-order valence-corrected chi connectivity index (χ0v) is 11.4. The van der Waals surface area contributed by atoms with E-state index in [4.69, 9.17) is 18.0 Å². The van der Waals surface area contributed by atoms with Crippen molar-refractivity contribution in [2.75, 3.05) is 11.1 Å². The number of carbonyl (C=O) groups excluding carboxylic acids is 1. The number of nitrogens with two attached hydrogens (primary N) is 1. The summed E-state index contributed by atoms with van der Waals surface area (Å²) in [7, 11) is 0. The summed E-state index contributed by atoms with van der Waals surface area (Å²) in [4.78, 5) is 16.4. The Balaban J connectivity index is 2.29. The summed E-state index contributed by atoms with van der Waals surface area (Å²) in [6.07, 6.45) is 1.63. The number of anilines is 2. The van der Waals surface area contributed by atoms with Crippen LogP contribution < -0.4 is 11.1 Å². The fraction of sp³-hybridized carbons (Fsp3) is 0.222. The van der Waals surface area contributed by atoms with Crippen molar-refractivity contribution in [2.45, 2.75) is 13.5 Å². The molecular formula is C9H10N4OS3. The molecule has 2 rings (SSSR count). The Morgan fingerprint density at radius 3 is 3.00 bits per heavy atom. The van der Waals surface area contributed by atoms with Gasteiger partial charge >= 0.3 is 0 Å². The predicted molar refractivity (Wildman–Crippen MR) is 73.3 cm³/mol. The molecule has 0 spiro atoms. The first kappa shape index (κ1) is 12.2. The summed E-state index contributed by atoms with van der Waals surface area (Å²) >= 11 is 7.70. The van der Waals surface area contributed by atoms with Crippen molar-refractivity contribution in [2.24, 2.45) is 0 Å². The van der Waals surface area contributed by atoms with E-state index in [1.54, 1.807) is 16.1 Å². The summed E-state index contributed by atoms with van der Waals surface area (Å²) in [6, 6.07) is 0. The largest absolute Gasteiger partial charge is 0.384 e. The Morgan fingerprint density at radius 2 is 2.47 bits per heavy atom. The smallest absolute Gasteiger partial charge is 0.271 e. The second-order valence-electron chi connectivity index (χ2n) is 3.12. The van der Waals surface area contributed by atoms with Gasteiger partial charge in [-0.3, -0.25) is 10.1 Å². The Morgan fingerprint density at radius 1 is 1.71 bits per heavy atom. The van der Waals surface area contributed by atoms with Gasteiger partial charge in [0, 0.05) is 18.1 Å². The lowest BCUT2D eigenvalue weighted by Gasteiger charge is -2.02. The third kappa shape index (κ3) is 2.38. The molecule has 0 aliphatic heterocycles. The minimum absolute atomic E-state index is 0.263. The van der Waals surface area contributed by atoms with E-state index < -0.39 is 0 Å². The average molecular weight is 286 g/mol. The second-order valence-corrected chi connectivity index (χ2v) is 5.66. The van der Waals surface area contributed by atoms with Gasteiger partial charge in [-0.2, -0.15) is 0 Å². The monoisotopic (exact) mass is 286 g/mol. The summed E-state index contributed by atoms with van der Waals surface area (Å²) in [5, 5.41) is 5.03. The highest BCUT2D eigenvalue weighted by Gasteiger charge is 2.17. The lowest BCUT2D eigenvalue weighted by Crippen LogP contribution is -2.13. The van der Waals surface area contributed by atoms with Crippen LogP contribution in [0.25, 0.3) is 0 Å². The number of rotatable bonds is 3. The zero-order chi connectivity index (χ0) is 12.4. The summed E-state index contributed by atoms with van der Waals surface area (Å²) in [6.45, 7) is 2.59. The highest BCUT2D eigenvalue weighted by molar-refractivity contribution is 7.73. The number of nitrogens with one attached hydrogen (secondary N) is 1. The fourth-order valence-corrected chi connectivity index (χ4v) is 3.19. The second kappa shape index (κ2) is 4.94. The standard InChI is InChI=1S/C9H10N4OS3/c1-2-13-6(10)5(17-9(13)15)7(14)12-8-11-3-4-16-8/h3-4H,2,10H2,1H3,(H,11,12,14). The van der Waals surface area contributed by atoms with Crippen molar-refractivity contribution in [3.63, 3.8) is 0 Å². The van der Waals surface area contributed by atoms with E-state index in [-0.39, 0.29) is 5.91 Å². The van der Waals surface area contributed by atoms with Gasteiger partial charge in [0.05, 0.1) is 0 Å². The quantitative estimate of drug-likeness (QED) is 0.851. The van der Waals surface area contributed by atoms with Crippen molar-refractivity contribution < 1.29 is 4.79 Å². The lowest BCUT2D eigenvalue weighted by atomic mass is 10.4. The SMILES string of the molecule is CCn1c(N)c(C(=O)Nc2nccs2)sc1=S. The Kier molecular flexibility index (Phi) is 3.55. The van der Waals surface area contributed by atoms with Crippen molar-refractivity contribution in [3.05, 3.63) is 20.4 Å². The van der Waals surface area contributed by atoms with Crippen molar-refractivity contribution in [1.82, 2.24) is 9.55 Å². The number of hydrogen-bond donors (Lipinski definition) is 2. The maximum atomic E-state index is 11.9. The molecule has 0 bridgehead atoms. The Labute approximate surface area is 111 Å². The normalized spacial score (nSPS) is 10.4. The molecule has 0 fully saturated rings. The minimum atomic E-state index is -0.263. The molecule has 2 aromatic rings. The molecule has 0 unspecified atom stereocenters. The number of amides is 1. The summed E-state index contributed by atoms with van der Waals surface area (Å²) < 4.78 is 2.34. The molecule has 3 N–H and O–H groups in total. The first-order valence-electron chi connectivity index (χ1n) is 4.83. The number of nitrogen functional groups attached to an aromatic ring is 1.